The van der Waals surface area contributed by atoms with E-state index in [1.54, 1.807) is 0 Å². The number of hydrogen-bond acceptors (Lipinski definition) is 6. The number of pyridine rings is 1. The van der Waals surface area contributed by atoms with Crippen LogP contribution in [0, 0.1) is 13.8 Å². The van der Waals surface area contributed by atoms with Gasteiger partial charge in [-0.05, 0) is 44.4 Å². The van der Waals surface area contributed by atoms with Gasteiger partial charge in [0.1, 0.15) is 5.82 Å². The Balaban J connectivity index is 1.74. The first kappa shape index (κ1) is 18.3. The van der Waals surface area contributed by atoms with Crippen molar-refractivity contribution >= 4 is 11.7 Å². The summed E-state index contributed by atoms with van der Waals surface area (Å²) in [6, 6.07) is 4.78. The van der Waals surface area contributed by atoms with E-state index in [1.807, 2.05) is 26.2 Å². The molecule has 1 amide bonds. The molecule has 26 heavy (non-hydrogen) atoms. The van der Waals surface area contributed by atoms with E-state index >= 15 is 0 Å². The minimum Gasteiger partial charge on any atom is -0.363 e. The third-order valence-electron chi connectivity index (χ3n) is 5.03. The molecule has 3 heterocycles. The van der Waals surface area contributed by atoms with Crippen molar-refractivity contribution in [1.82, 2.24) is 20.3 Å². The number of nitrogens with two attached hydrogens (primary N) is 1. The molecule has 0 bridgehead atoms. The minimum atomic E-state index is -0.591. The van der Waals surface area contributed by atoms with E-state index in [4.69, 9.17) is 5.73 Å². The first-order chi connectivity index (χ1) is 12.5. The minimum absolute atomic E-state index is 0.0859. The summed E-state index contributed by atoms with van der Waals surface area (Å²) in [5.41, 5.74) is 8.42. The van der Waals surface area contributed by atoms with Crippen molar-refractivity contribution < 1.29 is 4.79 Å². The smallest absolute Gasteiger partial charge is 0.286 e. The van der Waals surface area contributed by atoms with E-state index in [-0.39, 0.29) is 5.82 Å². The second-order valence-corrected chi connectivity index (χ2v) is 6.79. The van der Waals surface area contributed by atoms with Gasteiger partial charge in [-0.3, -0.25) is 9.78 Å². The molecule has 0 aromatic carbocycles. The molecule has 0 saturated carbocycles. The summed E-state index contributed by atoms with van der Waals surface area (Å²) in [5, 5.41) is 3.75. The summed E-state index contributed by atoms with van der Waals surface area (Å²) in [6.45, 7) is 7.79. The topological polar surface area (TPSA) is 97.0 Å². The van der Waals surface area contributed by atoms with E-state index in [9.17, 15) is 4.79 Å². The van der Waals surface area contributed by atoms with Crippen molar-refractivity contribution in [3.05, 3.63) is 47.2 Å². The van der Waals surface area contributed by atoms with Gasteiger partial charge in [0, 0.05) is 48.8 Å². The molecule has 0 radical (unpaired) electrons. The summed E-state index contributed by atoms with van der Waals surface area (Å²) < 4.78 is 0. The number of carbonyl (C=O) groups excluding carboxylic acids is 1. The van der Waals surface area contributed by atoms with Crippen LogP contribution in [0.3, 0.4) is 0 Å². The van der Waals surface area contributed by atoms with E-state index < -0.39 is 5.91 Å². The fraction of sp³-hybridized carbons (Fsp3) is 0.474. The van der Waals surface area contributed by atoms with Gasteiger partial charge in [0.25, 0.3) is 5.91 Å². The lowest BCUT2D eigenvalue weighted by Gasteiger charge is -2.24. The number of nitrogens with zero attached hydrogens (tertiary/aromatic N) is 4. The molecule has 1 unspecified atom stereocenters. The maximum Gasteiger partial charge on any atom is 0.286 e. The highest BCUT2D eigenvalue weighted by molar-refractivity contribution is 5.89. The van der Waals surface area contributed by atoms with Crippen LogP contribution in [0.25, 0.3) is 0 Å². The Morgan fingerprint density at radius 3 is 2.73 bits per heavy atom. The molecule has 1 saturated heterocycles. The highest BCUT2D eigenvalue weighted by atomic mass is 16.1. The fourth-order valence-electron chi connectivity index (χ4n) is 3.45. The zero-order valence-corrected chi connectivity index (χ0v) is 15.6. The average Bonchev–Trinajstić information content (AvgIpc) is 3.10. The Morgan fingerprint density at radius 1 is 1.35 bits per heavy atom. The maximum absolute atomic E-state index is 11.5. The van der Waals surface area contributed by atoms with Gasteiger partial charge < -0.3 is 16.0 Å². The summed E-state index contributed by atoms with van der Waals surface area (Å²) in [5.74, 6) is 0.308. The number of primary amides is 1. The van der Waals surface area contributed by atoms with E-state index in [2.05, 4.69) is 44.2 Å². The van der Waals surface area contributed by atoms with E-state index in [0.717, 1.165) is 43.0 Å². The molecule has 2 aromatic rings. The van der Waals surface area contributed by atoms with Crippen LogP contribution in [-0.4, -0.2) is 40.0 Å². The number of amides is 1. The molecule has 1 fully saturated rings. The maximum atomic E-state index is 11.5. The molecular weight excluding hydrogens is 328 g/mol. The predicted octanol–water partition coefficient (Wildman–Crippen LogP) is 1.91. The number of hydrogen-bond donors (Lipinski definition) is 2. The van der Waals surface area contributed by atoms with Crippen molar-refractivity contribution in [2.45, 2.75) is 45.7 Å². The van der Waals surface area contributed by atoms with Gasteiger partial charge in [-0.25, -0.2) is 9.97 Å². The van der Waals surface area contributed by atoms with Gasteiger partial charge in [0.15, 0.2) is 0 Å². The molecule has 7 heteroatoms. The Kier molecular flexibility index (Phi) is 5.46. The second kappa shape index (κ2) is 7.78. The highest BCUT2D eigenvalue weighted by Gasteiger charge is 2.27. The summed E-state index contributed by atoms with van der Waals surface area (Å²) in [4.78, 5) is 26.4. The standard InChI is InChI=1S/C19H26N6O/c1-4-16(14-5-8-21-9-6-14)23-15-7-10-25(11-15)19-12(2)13(3)22-18(24-19)17(20)26/h5-6,8-9,15-16,23H,4,7,10-11H2,1-3H3,(H2,20,26)/t15-,16?/m1/s1. The van der Waals surface area contributed by atoms with Crippen molar-refractivity contribution in [2.75, 3.05) is 18.0 Å². The second-order valence-electron chi connectivity index (χ2n) is 6.79. The molecule has 3 N–H and O–H groups in total. The van der Waals surface area contributed by atoms with Crippen LogP contribution in [0.4, 0.5) is 5.82 Å². The molecule has 0 aliphatic carbocycles. The van der Waals surface area contributed by atoms with Crippen LogP contribution in [0.5, 0.6) is 0 Å². The van der Waals surface area contributed by atoms with Crippen LogP contribution in [0.2, 0.25) is 0 Å². The molecule has 138 valence electrons. The highest BCUT2D eigenvalue weighted by Crippen LogP contribution is 2.25. The summed E-state index contributed by atoms with van der Waals surface area (Å²) in [7, 11) is 0. The van der Waals surface area contributed by atoms with Gasteiger partial charge in [0.05, 0.1) is 0 Å². The molecule has 7 nitrogen and oxygen atoms in total. The molecular formula is C19H26N6O. The van der Waals surface area contributed by atoms with Crippen molar-refractivity contribution in [1.29, 1.82) is 0 Å². The average molecular weight is 354 g/mol. The first-order valence-corrected chi connectivity index (χ1v) is 9.05. The monoisotopic (exact) mass is 354 g/mol. The molecule has 2 aromatic heterocycles. The third kappa shape index (κ3) is 3.83. The lowest BCUT2D eigenvalue weighted by molar-refractivity contribution is 0.0990. The molecule has 2 atom stereocenters. The Morgan fingerprint density at radius 2 is 2.08 bits per heavy atom. The largest absolute Gasteiger partial charge is 0.363 e. The van der Waals surface area contributed by atoms with Crippen molar-refractivity contribution in [2.24, 2.45) is 5.73 Å². The van der Waals surface area contributed by atoms with Crippen LogP contribution >= 0.6 is 0 Å². The summed E-state index contributed by atoms with van der Waals surface area (Å²) >= 11 is 0. The molecule has 1 aliphatic heterocycles. The first-order valence-electron chi connectivity index (χ1n) is 9.05. The number of carbonyl (C=O) groups is 1. The lowest BCUT2D eigenvalue weighted by atomic mass is 10.0. The zero-order chi connectivity index (χ0) is 18.7. The summed E-state index contributed by atoms with van der Waals surface area (Å²) in [6.07, 6.45) is 5.70. The fourth-order valence-corrected chi connectivity index (χ4v) is 3.45. The van der Waals surface area contributed by atoms with Crippen LogP contribution in [-0.2, 0) is 0 Å². The number of aromatic nitrogens is 3. The number of rotatable bonds is 6. The number of aryl methyl sites for hydroxylation is 1. The predicted molar refractivity (Wildman–Crippen MR) is 101 cm³/mol. The van der Waals surface area contributed by atoms with Crippen LogP contribution in [0.15, 0.2) is 24.5 Å². The van der Waals surface area contributed by atoms with Gasteiger partial charge in [-0.1, -0.05) is 6.92 Å². The van der Waals surface area contributed by atoms with Crippen molar-refractivity contribution in [3.63, 3.8) is 0 Å². The third-order valence-corrected chi connectivity index (χ3v) is 5.03. The van der Waals surface area contributed by atoms with Crippen LogP contribution in [0.1, 0.15) is 53.2 Å². The normalized spacial score (nSPS) is 18.1. The van der Waals surface area contributed by atoms with Crippen LogP contribution < -0.4 is 16.0 Å². The zero-order valence-electron chi connectivity index (χ0n) is 15.6. The Bertz CT molecular complexity index is 779. The number of nitrogens with one attached hydrogen (secondary N) is 1. The van der Waals surface area contributed by atoms with Gasteiger partial charge in [0.2, 0.25) is 5.82 Å². The molecule has 1 aliphatic rings. The SMILES string of the molecule is CCC(N[C@@H]1CCN(c2nc(C(N)=O)nc(C)c2C)C1)c1ccncc1. The van der Waals surface area contributed by atoms with E-state index in [0.29, 0.717) is 12.1 Å². The lowest BCUT2D eigenvalue weighted by Crippen LogP contribution is -2.36. The molecule has 0 spiro atoms. The van der Waals surface area contributed by atoms with E-state index in [1.165, 1.54) is 5.56 Å². The number of anilines is 1. The Hall–Kier alpha value is -2.54. The van der Waals surface area contributed by atoms with Gasteiger partial charge in [-0.2, -0.15) is 0 Å². The van der Waals surface area contributed by atoms with Crippen molar-refractivity contribution in [3.8, 4) is 0 Å². The quantitative estimate of drug-likeness (QED) is 0.822. The molecule has 3 rings (SSSR count). The Labute approximate surface area is 154 Å². The van der Waals surface area contributed by atoms with Gasteiger partial charge in [-0.15, -0.1) is 0 Å². The van der Waals surface area contributed by atoms with Gasteiger partial charge >= 0.3 is 0 Å².